The van der Waals surface area contributed by atoms with E-state index in [2.05, 4.69) is 19.9 Å². The number of pyridine rings is 1. The Hall–Kier alpha value is -2.60. The molecule has 0 spiro atoms. The lowest BCUT2D eigenvalue weighted by molar-refractivity contribution is 0.122. The second kappa shape index (κ2) is 6.13. The highest BCUT2D eigenvalue weighted by molar-refractivity contribution is 5.82. The van der Waals surface area contributed by atoms with Crippen molar-refractivity contribution in [3.8, 4) is 11.4 Å². The molecule has 5 nitrogen and oxygen atoms in total. The lowest BCUT2D eigenvalue weighted by atomic mass is 10.1. The van der Waals surface area contributed by atoms with Gasteiger partial charge in [-0.05, 0) is 37.3 Å². The van der Waals surface area contributed by atoms with E-state index in [0.29, 0.717) is 5.82 Å². The number of halogens is 1. The first kappa shape index (κ1) is 15.0. The SMILES string of the molecule is Cc1nc(-c2ccc(N3CCOCC3)nc2)nc2ccc(F)cc12. The van der Waals surface area contributed by atoms with Crippen LogP contribution in [0.4, 0.5) is 10.2 Å². The number of aromatic nitrogens is 3. The first-order valence-corrected chi connectivity index (χ1v) is 7.94. The molecule has 3 heterocycles. The number of aryl methyl sites for hydroxylation is 1. The number of hydrogen-bond donors (Lipinski definition) is 0. The Morgan fingerprint density at radius 2 is 1.92 bits per heavy atom. The fourth-order valence-electron chi connectivity index (χ4n) is 2.88. The molecule has 1 aliphatic rings. The Bertz CT molecular complexity index is 876. The molecule has 0 aliphatic carbocycles. The van der Waals surface area contributed by atoms with Crippen LogP contribution in [0.3, 0.4) is 0 Å². The minimum Gasteiger partial charge on any atom is -0.378 e. The number of benzene rings is 1. The molecule has 24 heavy (non-hydrogen) atoms. The molecule has 0 N–H and O–H groups in total. The Labute approximate surface area is 139 Å². The number of nitrogens with zero attached hydrogens (tertiary/aromatic N) is 4. The van der Waals surface area contributed by atoms with E-state index < -0.39 is 0 Å². The molecule has 4 rings (SSSR count). The zero-order valence-electron chi connectivity index (χ0n) is 13.4. The van der Waals surface area contributed by atoms with Gasteiger partial charge in [-0.1, -0.05) is 0 Å². The third-order valence-electron chi connectivity index (χ3n) is 4.19. The number of fused-ring (bicyclic) bond motifs is 1. The molecule has 3 aromatic rings. The predicted octanol–water partition coefficient (Wildman–Crippen LogP) is 2.98. The van der Waals surface area contributed by atoms with E-state index in [1.165, 1.54) is 12.1 Å². The highest BCUT2D eigenvalue weighted by atomic mass is 19.1. The minimum atomic E-state index is -0.279. The van der Waals surface area contributed by atoms with Crippen molar-refractivity contribution in [1.29, 1.82) is 0 Å². The molecule has 6 heteroatoms. The number of hydrogen-bond acceptors (Lipinski definition) is 5. The zero-order chi connectivity index (χ0) is 16.5. The molecule has 0 saturated carbocycles. The number of morpholine rings is 1. The number of ether oxygens (including phenoxy) is 1. The van der Waals surface area contributed by atoms with E-state index in [0.717, 1.165) is 54.3 Å². The van der Waals surface area contributed by atoms with E-state index >= 15 is 0 Å². The van der Waals surface area contributed by atoms with E-state index in [1.54, 1.807) is 12.3 Å². The fourth-order valence-corrected chi connectivity index (χ4v) is 2.88. The summed E-state index contributed by atoms with van der Waals surface area (Å²) in [6, 6.07) is 8.51. The van der Waals surface area contributed by atoms with E-state index in [4.69, 9.17) is 4.74 Å². The maximum atomic E-state index is 13.4. The number of anilines is 1. The normalized spacial score (nSPS) is 15.0. The fraction of sp³-hybridized carbons (Fsp3) is 0.278. The predicted molar refractivity (Wildman–Crippen MR) is 90.5 cm³/mol. The first-order chi connectivity index (χ1) is 11.7. The molecule has 0 radical (unpaired) electrons. The van der Waals surface area contributed by atoms with Crippen molar-refractivity contribution >= 4 is 16.7 Å². The van der Waals surface area contributed by atoms with Gasteiger partial charge >= 0.3 is 0 Å². The second-order valence-corrected chi connectivity index (χ2v) is 5.80. The lowest BCUT2D eigenvalue weighted by Crippen LogP contribution is -2.36. The van der Waals surface area contributed by atoms with Gasteiger partial charge in [0, 0.05) is 35.9 Å². The number of rotatable bonds is 2. The van der Waals surface area contributed by atoms with Crippen molar-refractivity contribution in [1.82, 2.24) is 15.0 Å². The van der Waals surface area contributed by atoms with Gasteiger partial charge in [-0.15, -0.1) is 0 Å². The Kier molecular flexibility index (Phi) is 3.82. The van der Waals surface area contributed by atoms with Gasteiger partial charge < -0.3 is 9.64 Å². The monoisotopic (exact) mass is 324 g/mol. The van der Waals surface area contributed by atoms with Crippen LogP contribution in [-0.2, 0) is 4.74 Å². The molecule has 1 aliphatic heterocycles. The zero-order valence-corrected chi connectivity index (χ0v) is 13.4. The summed E-state index contributed by atoms with van der Waals surface area (Å²) in [6.45, 7) is 5.02. The highest BCUT2D eigenvalue weighted by Gasteiger charge is 2.13. The van der Waals surface area contributed by atoms with Crippen molar-refractivity contribution in [3.63, 3.8) is 0 Å². The van der Waals surface area contributed by atoms with Crippen LogP contribution < -0.4 is 4.90 Å². The Morgan fingerprint density at radius 1 is 1.08 bits per heavy atom. The van der Waals surface area contributed by atoms with Gasteiger partial charge in [0.1, 0.15) is 11.6 Å². The van der Waals surface area contributed by atoms with Gasteiger partial charge in [0.25, 0.3) is 0 Å². The maximum Gasteiger partial charge on any atom is 0.161 e. The molecule has 2 aromatic heterocycles. The van der Waals surface area contributed by atoms with Crippen molar-refractivity contribution in [2.75, 3.05) is 31.2 Å². The van der Waals surface area contributed by atoms with Gasteiger partial charge in [0.15, 0.2) is 5.82 Å². The molecular weight excluding hydrogens is 307 g/mol. The molecule has 1 aromatic carbocycles. The van der Waals surface area contributed by atoms with Crippen molar-refractivity contribution in [3.05, 3.63) is 48.0 Å². The van der Waals surface area contributed by atoms with Gasteiger partial charge in [-0.2, -0.15) is 0 Å². The smallest absolute Gasteiger partial charge is 0.161 e. The third kappa shape index (κ3) is 2.80. The summed E-state index contributed by atoms with van der Waals surface area (Å²) in [4.78, 5) is 15.8. The van der Waals surface area contributed by atoms with E-state index in [1.807, 2.05) is 19.1 Å². The topological polar surface area (TPSA) is 51.1 Å². The molecule has 0 atom stereocenters. The van der Waals surface area contributed by atoms with Crippen LogP contribution >= 0.6 is 0 Å². The van der Waals surface area contributed by atoms with Crippen LogP contribution in [-0.4, -0.2) is 41.3 Å². The van der Waals surface area contributed by atoms with Gasteiger partial charge in [-0.3, -0.25) is 0 Å². The first-order valence-electron chi connectivity index (χ1n) is 7.94. The molecule has 1 saturated heterocycles. The highest BCUT2D eigenvalue weighted by Crippen LogP contribution is 2.23. The average Bonchev–Trinajstić information content (AvgIpc) is 2.63. The van der Waals surface area contributed by atoms with Gasteiger partial charge in [0.05, 0.1) is 18.7 Å². The van der Waals surface area contributed by atoms with Crippen LogP contribution in [0.2, 0.25) is 0 Å². The van der Waals surface area contributed by atoms with Crippen molar-refractivity contribution in [2.45, 2.75) is 6.92 Å². The van der Waals surface area contributed by atoms with Crippen LogP contribution in [0, 0.1) is 12.7 Å². The Balaban J connectivity index is 1.68. The third-order valence-corrected chi connectivity index (χ3v) is 4.19. The maximum absolute atomic E-state index is 13.4. The molecule has 0 unspecified atom stereocenters. The minimum absolute atomic E-state index is 0.279. The lowest BCUT2D eigenvalue weighted by Gasteiger charge is -2.27. The largest absolute Gasteiger partial charge is 0.378 e. The molecule has 0 bridgehead atoms. The second-order valence-electron chi connectivity index (χ2n) is 5.80. The quantitative estimate of drug-likeness (QED) is 0.725. The summed E-state index contributed by atoms with van der Waals surface area (Å²) in [5, 5.41) is 0.733. The van der Waals surface area contributed by atoms with Crippen LogP contribution in [0.15, 0.2) is 36.5 Å². The standard InChI is InChI=1S/C18H17FN4O/c1-12-15-10-14(19)3-4-16(15)22-18(21-12)13-2-5-17(20-11-13)23-6-8-24-9-7-23/h2-5,10-11H,6-9H2,1H3. The summed E-state index contributed by atoms with van der Waals surface area (Å²) in [7, 11) is 0. The van der Waals surface area contributed by atoms with Gasteiger partial charge in [-0.25, -0.2) is 19.3 Å². The molecule has 122 valence electrons. The molecule has 1 fully saturated rings. The van der Waals surface area contributed by atoms with E-state index in [-0.39, 0.29) is 5.82 Å². The van der Waals surface area contributed by atoms with Gasteiger partial charge in [0.2, 0.25) is 0 Å². The van der Waals surface area contributed by atoms with Crippen LogP contribution in [0.5, 0.6) is 0 Å². The summed E-state index contributed by atoms with van der Waals surface area (Å²) in [5.74, 6) is 1.26. The summed E-state index contributed by atoms with van der Waals surface area (Å²) in [6.07, 6.45) is 1.79. The van der Waals surface area contributed by atoms with Crippen molar-refractivity contribution < 1.29 is 9.13 Å². The summed E-state index contributed by atoms with van der Waals surface area (Å²) < 4.78 is 18.7. The van der Waals surface area contributed by atoms with Crippen LogP contribution in [0.1, 0.15) is 5.69 Å². The van der Waals surface area contributed by atoms with Crippen molar-refractivity contribution in [2.24, 2.45) is 0 Å². The molecular formula is C18H17FN4O. The Morgan fingerprint density at radius 3 is 2.67 bits per heavy atom. The summed E-state index contributed by atoms with van der Waals surface area (Å²) >= 11 is 0. The average molecular weight is 324 g/mol. The summed E-state index contributed by atoms with van der Waals surface area (Å²) in [5.41, 5.74) is 2.34. The van der Waals surface area contributed by atoms with Crippen LogP contribution in [0.25, 0.3) is 22.3 Å². The molecule has 0 amide bonds. The van der Waals surface area contributed by atoms with E-state index in [9.17, 15) is 4.39 Å².